The number of fused-ring (bicyclic) bond motifs is 1. The Labute approximate surface area is 115 Å². The maximum atomic E-state index is 11.7. The molecule has 0 aliphatic carbocycles. The normalized spacial score (nSPS) is 10.9. The number of nitrogens with zero attached hydrogens (tertiary/aromatic N) is 2. The van der Waals surface area contributed by atoms with Gasteiger partial charge in [0, 0.05) is 19.2 Å². The summed E-state index contributed by atoms with van der Waals surface area (Å²) in [6.07, 6.45) is 2.77. The van der Waals surface area contributed by atoms with E-state index in [1.54, 1.807) is 6.07 Å². The number of methoxy groups -OCH3 is 1. The molecule has 0 radical (unpaired) electrons. The molecule has 1 heterocycles. The second-order valence-electron chi connectivity index (χ2n) is 4.12. The first-order valence-electron chi connectivity index (χ1n) is 5.95. The monoisotopic (exact) mass is 274 g/mol. The van der Waals surface area contributed by atoms with Crippen molar-refractivity contribution in [3.63, 3.8) is 0 Å². The van der Waals surface area contributed by atoms with Crippen LogP contribution in [0, 0.1) is 0 Å². The molecule has 0 aliphatic rings. The average Bonchev–Trinajstić information content (AvgIpc) is 2.87. The zero-order valence-electron chi connectivity index (χ0n) is 11.2. The molecular weight excluding hydrogens is 260 g/mol. The second kappa shape index (κ2) is 6.01. The van der Waals surface area contributed by atoms with E-state index in [-0.39, 0.29) is 12.5 Å². The van der Waals surface area contributed by atoms with Crippen molar-refractivity contribution in [3.8, 4) is 0 Å². The fourth-order valence-corrected chi connectivity index (χ4v) is 1.57. The maximum Gasteiger partial charge on any atom is 0.325 e. The van der Waals surface area contributed by atoms with Crippen LogP contribution in [0.3, 0.4) is 0 Å². The van der Waals surface area contributed by atoms with Crippen molar-refractivity contribution in [3.05, 3.63) is 36.2 Å². The first-order valence-corrected chi connectivity index (χ1v) is 5.95. The van der Waals surface area contributed by atoms with Crippen LogP contribution >= 0.6 is 0 Å². The second-order valence-corrected chi connectivity index (χ2v) is 4.12. The van der Waals surface area contributed by atoms with Crippen molar-refractivity contribution < 1.29 is 18.7 Å². The zero-order valence-corrected chi connectivity index (χ0v) is 11.2. The van der Waals surface area contributed by atoms with Gasteiger partial charge in [0.2, 0.25) is 11.8 Å². The van der Waals surface area contributed by atoms with E-state index in [1.165, 1.54) is 31.2 Å². The summed E-state index contributed by atoms with van der Waals surface area (Å²) >= 11 is 0. The number of oxazole rings is 1. The van der Waals surface area contributed by atoms with Crippen LogP contribution < -0.4 is 0 Å². The molecule has 1 aromatic carbocycles. The smallest absolute Gasteiger partial charge is 0.325 e. The highest BCUT2D eigenvalue weighted by Crippen LogP contribution is 2.15. The lowest BCUT2D eigenvalue weighted by atomic mass is 10.3. The molecule has 6 nitrogen and oxygen atoms in total. The number of likely N-dealkylation sites (N-methyl/N-ethyl adjacent to an activating group) is 1. The Bertz CT molecular complexity index is 627. The van der Waals surface area contributed by atoms with Gasteiger partial charge in [0.15, 0.2) is 5.58 Å². The largest absolute Gasteiger partial charge is 0.468 e. The molecule has 0 saturated carbocycles. The molecule has 1 aromatic heterocycles. The quantitative estimate of drug-likeness (QED) is 0.623. The molecular formula is C14H14N2O4. The molecule has 2 aromatic rings. The van der Waals surface area contributed by atoms with Crippen molar-refractivity contribution in [2.75, 3.05) is 20.7 Å². The van der Waals surface area contributed by atoms with Gasteiger partial charge in [0.25, 0.3) is 0 Å². The molecule has 0 spiro atoms. The molecule has 6 heteroatoms. The summed E-state index contributed by atoms with van der Waals surface area (Å²) < 4.78 is 9.93. The van der Waals surface area contributed by atoms with Crippen LogP contribution in [0.2, 0.25) is 0 Å². The molecule has 0 saturated heterocycles. The number of carbonyl (C=O) groups is 2. The molecule has 0 aliphatic heterocycles. The van der Waals surface area contributed by atoms with E-state index >= 15 is 0 Å². The Morgan fingerprint density at radius 1 is 1.40 bits per heavy atom. The lowest BCUT2D eigenvalue weighted by Crippen LogP contribution is -2.31. The lowest BCUT2D eigenvalue weighted by Gasteiger charge is -2.12. The van der Waals surface area contributed by atoms with E-state index in [2.05, 4.69) is 9.72 Å². The van der Waals surface area contributed by atoms with Crippen LogP contribution in [-0.2, 0) is 14.3 Å². The first kappa shape index (κ1) is 13.8. The van der Waals surface area contributed by atoms with Crippen LogP contribution in [0.5, 0.6) is 0 Å². The number of rotatable bonds is 4. The molecule has 1 amide bonds. The van der Waals surface area contributed by atoms with Gasteiger partial charge in [-0.1, -0.05) is 12.1 Å². The van der Waals surface area contributed by atoms with Crippen LogP contribution in [0.4, 0.5) is 0 Å². The number of hydrogen-bond acceptors (Lipinski definition) is 5. The Kier molecular flexibility index (Phi) is 4.14. The Morgan fingerprint density at radius 3 is 2.85 bits per heavy atom. The molecule has 0 N–H and O–H groups in total. The van der Waals surface area contributed by atoms with Crippen LogP contribution in [0.25, 0.3) is 17.2 Å². The summed E-state index contributed by atoms with van der Waals surface area (Å²) in [6, 6.07) is 7.32. The number of aromatic nitrogens is 1. The number of benzene rings is 1. The number of hydrogen-bond donors (Lipinski definition) is 0. The SMILES string of the molecule is COC(=O)CN(C)C(=O)/C=C/c1nc2ccccc2o1. The lowest BCUT2D eigenvalue weighted by molar-refractivity contribution is -0.144. The predicted octanol–water partition coefficient (Wildman–Crippen LogP) is 1.47. The summed E-state index contributed by atoms with van der Waals surface area (Å²) in [5.74, 6) is -0.472. The average molecular weight is 274 g/mol. The van der Waals surface area contributed by atoms with E-state index in [9.17, 15) is 9.59 Å². The fraction of sp³-hybridized carbons (Fsp3) is 0.214. The third kappa shape index (κ3) is 3.23. The van der Waals surface area contributed by atoms with E-state index in [0.717, 1.165) is 5.52 Å². The Morgan fingerprint density at radius 2 is 2.15 bits per heavy atom. The molecule has 0 bridgehead atoms. The maximum absolute atomic E-state index is 11.7. The van der Waals surface area contributed by atoms with Crippen molar-refractivity contribution in [1.82, 2.24) is 9.88 Å². The summed E-state index contributed by atoms with van der Waals surface area (Å²) in [5, 5.41) is 0. The third-order valence-electron chi connectivity index (χ3n) is 2.65. The minimum Gasteiger partial charge on any atom is -0.468 e. The molecule has 104 valence electrons. The first-order chi connectivity index (χ1) is 9.60. The summed E-state index contributed by atoms with van der Waals surface area (Å²) in [7, 11) is 2.78. The molecule has 20 heavy (non-hydrogen) atoms. The van der Waals surface area contributed by atoms with Crippen LogP contribution in [0.15, 0.2) is 34.8 Å². The standard InChI is InChI=1S/C14H14N2O4/c1-16(9-14(18)19-2)13(17)8-7-12-15-10-5-3-4-6-11(10)20-12/h3-8H,9H2,1-2H3/b8-7+. The van der Waals surface area contributed by atoms with E-state index < -0.39 is 5.97 Å². The summed E-state index contributed by atoms with van der Waals surface area (Å²) in [4.78, 5) is 28.2. The van der Waals surface area contributed by atoms with Gasteiger partial charge in [0.05, 0.1) is 7.11 Å². The Hall–Kier alpha value is -2.63. The van der Waals surface area contributed by atoms with Gasteiger partial charge >= 0.3 is 5.97 Å². The summed E-state index contributed by atoms with van der Waals surface area (Å²) in [6.45, 7) is -0.104. The molecule has 0 fully saturated rings. The number of amides is 1. The molecule has 2 rings (SSSR count). The highest BCUT2D eigenvalue weighted by Gasteiger charge is 2.10. The summed E-state index contributed by atoms with van der Waals surface area (Å²) in [5.41, 5.74) is 1.38. The number of carbonyl (C=O) groups excluding carboxylic acids is 2. The van der Waals surface area contributed by atoms with Gasteiger partial charge in [0.1, 0.15) is 12.1 Å². The number of esters is 1. The van der Waals surface area contributed by atoms with Crippen LogP contribution in [-0.4, -0.2) is 42.5 Å². The zero-order chi connectivity index (χ0) is 14.5. The van der Waals surface area contributed by atoms with Crippen molar-refractivity contribution in [2.24, 2.45) is 0 Å². The van der Waals surface area contributed by atoms with Crippen molar-refractivity contribution >= 4 is 29.1 Å². The fourth-order valence-electron chi connectivity index (χ4n) is 1.57. The van der Waals surface area contributed by atoms with E-state index in [4.69, 9.17) is 4.42 Å². The van der Waals surface area contributed by atoms with Crippen molar-refractivity contribution in [1.29, 1.82) is 0 Å². The predicted molar refractivity (Wildman–Crippen MR) is 72.7 cm³/mol. The molecule has 0 unspecified atom stereocenters. The third-order valence-corrected chi connectivity index (χ3v) is 2.65. The van der Waals surface area contributed by atoms with Crippen LogP contribution in [0.1, 0.15) is 5.89 Å². The minimum absolute atomic E-state index is 0.104. The van der Waals surface area contributed by atoms with Gasteiger partial charge in [-0.05, 0) is 12.1 Å². The van der Waals surface area contributed by atoms with Gasteiger partial charge in [-0.15, -0.1) is 0 Å². The molecule has 0 atom stereocenters. The van der Waals surface area contributed by atoms with Gasteiger partial charge in [-0.3, -0.25) is 9.59 Å². The number of ether oxygens (including phenoxy) is 1. The van der Waals surface area contributed by atoms with E-state index in [0.29, 0.717) is 11.5 Å². The highest BCUT2D eigenvalue weighted by molar-refractivity contribution is 5.93. The van der Waals surface area contributed by atoms with E-state index in [1.807, 2.05) is 18.2 Å². The Balaban J connectivity index is 2.04. The van der Waals surface area contributed by atoms with Gasteiger partial charge in [-0.2, -0.15) is 0 Å². The highest BCUT2D eigenvalue weighted by atomic mass is 16.5. The van der Waals surface area contributed by atoms with Gasteiger partial charge < -0.3 is 14.1 Å². The minimum atomic E-state index is -0.476. The number of para-hydroxylation sites is 2. The van der Waals surface area contributed by atoms with Gasteiger partial charge in [-0.25, -0.2) is 4.98 Å². The van der Waals surface area contributed by atoms with Crippen molar-refractivity contribution in [2.45, 2.75) is 0 Å². The topological polar surface area (TPSA) is 72.6 Å².